The van der Waals surface area contributed by atoms with Crippen molar-refractivity contribution >= 4 is 23.3 Å². The van der Waals surface area contributed by atoms with Crippen LogP contribution in [0.25, 0.3) is 0 Å². The average molecular weight is 486 g/mol. The van der Waals surface area contributed by atoms with E-state index in [4.69, 9.17) is 5.73 Å². The number of benzene rings is 1. The molecule has 0 spiro atoms. The molecule has 35 heavy (non-hydrogen) atoms. The number of carbonyl (C=O) groups excluding carboxylic acids is 2. The van der Waals surface area contributed by atoms with Crippen LogP contribution in [0.4, 0.5) is 11.5 Å². The number of nitrogens with two attached hydrogens (primary N) is 1. The lowest BCUT2D eigenvalue weighted by atomic mass is 9.87. The van der Waals surface area contributed by atoms with Crippen LogP contribution in [0.15, 0.2) is 33.9 Å². The molecule has 192 valence electrons. The Balaban J connectivity index is 2.16. The summed E-state index contributed by atoms with van der Waals surface area (Å²) in [6.07, 6.45) is 3.00. The maximum Gasteiger partial charge on any atom is 0.330 e. The average Bonchev–Trinajstić information content (AvgIpc) is 2.80. The molecule has 4 N–H and O–H groups in total. The zero-order valence-corrected chi connectivity index (χ0v) is 21.6. The summed E-state index contributed by atoms with van der Waals surface area (Å²) in [5, 5.41) is 2.77. The maximum atomic E-state index is 13.1. The van der Waals surface area contributed by atoms with Gasteiger partial charge >= 0.3 is 5.69 Å². The fourth-order valence-corrected chi connectivity index (χ4v) is 3.70. The van der Waals surface area contributed by atoms with Gasteiger partial charge in [-0.05, 0) is 36.0 Å². The number of nitrogens with one attached hydrogen (secondary N) is 2. The number of carbonyl (C=O) groups is 2. The van der Waals surface area contributed by atoms with Crippen molar-refractivity contribution in [3.05, 3.63) is 56.2 Å². The lowest BCUT2D eigenvalue weighted by Gasteiger charge is -2.24. The van der Waals surface area contributed by atoms with Crippen LogP contribution in [0.1, 0.15) is 82.6 Å². The van der Waals surface area contributed by atoms with E-state index in [2.05, 4.69) is 31.1 Å². The summed E-state index contributed by atoms with van der Waals surface area (Å²) in [5.41, 5.74) is 6.55. The minimum atomic E-state index is -0.687. The van der Waals surface area contributed by atoms with Crippen LogP contribution in [0.3, 0.4) is 0 Å². The summed E-state index contributed by atoms with van der Waals surface area (Å²) in [5.74, 6) is -0.636. The second-order valence-corrected chi connectivity index (χ2v) is 9.73. The topological polar surface area (TPSA) is 130 Å². The minimum absolute atomic E-state index is 0.0109. The normalized spacial score (nSPS) is 11.3. The molecule has 2 amide bonds. The molecule has 0 aliphatic heterocycles. The fraction of sp³-hybridized carbons (Fsp3) is 0.538. The first-order chi connectivity index (χ1) is 16.5. The monoisotopic (exact) mass is 485 g/mol. The number of nitrogen functional groups attached to an aromatic ring is 1. The number of nitrogens with zero attached hydrogens (tertiary/aromatic N) is 2. The molecule has 1 heterocycles. The van der Waals surface area contributed by atoms with Crippen molar-refractivity contribution in [2.45, 2.75) is 78.7 Å². The van der Waals surface area contributed by atoms with Gasteiger partial charge < -0.3 is 16.0 Å². The van der Waals surface area contributed by atoms with Gasteiger partial charge in [-0.3, -0.25) is 23.9 Å². The van der Waals surface area contributed by atoms with Gasteiger partial charge in [-0.2, -0.15) is 0 Å². The Kier molecular flexibility index (Phi) is 9.86. The molecule has 2 rings (SSSR count). The van der Waals surface area contributed by atoms with Crippen LogP contribution in [-0.4, -0.2) is 34.5 Å². The Morgan fingerprint density at radius 2 is 1.69 bits per heavy atom. The molecular weight excluding hydrogens is 446 g/mol. The molecule has 0 saturated carbocycles. The van der Waals surface area contributed by atoms with Gasteiger partial charge in [0.25, 0.3) is 11.5 Å². The maximum absolute atomic E-state index is 13.1. The van der Waals surface area contributed by atoms with Crippen molar-refractivity contribution in [2.24, 2.45) is 0 Å². The van der Waals surface area contributed by atoms with Crippen molar-refractivity contribution < 1.29 is 9.59 Å². The smallest absolute Gasteiger partial charge is 0.330 e. The van der Waals surface area contributed by atoms with Crippen LogP contribution < -0.4 is 27.2 Å². The van der Waals surface area contributed by atoms with Gasteiger partial charge in [-0.25, -0.2) is 4.79 Å². The Labute approximate surface area is 206 Å². The number of amides is 2. The molecule has 9 nitrogen and oxygen atoms in total. The Morgan fingerprint density at radius 1 is 1.06 bits per heavy atom. The van der Waals surface area contributed by atoms with Gasteiger partial charge in [0.05, 0.1) is 0 Å². The highest BCUT2D eigenvalue weighted by Gasteiger charge is 2.24. The van der Waals surface area contributed by atoms with Crippen molar-refractivity contribution in [3.63, 3.8) is 0 Å². The quantitative estimate of drug-likeness (QED) is 0.450. The summed E-state index contributed by atoms with van der Waals surface area (Å²) in [6.45, 7) is 11.0. The fourth-order valence-electron chi connectivity index (χ4n) is 3.70. The van der Waals surface area contributed by atoms with E-state index in [0.29, 0.717) is 24.9 Å². The summed E-state index contributed by atoms with van der Waals surface area (Å²) >= 11 is 0. The number of rotatable bonds is 11. The third kappa shape index (κ3) is 7.31. The summed E-state index contributed by atoms with van der Waals surface area (Å²) in [4.78, 5) is 54.2. The minimum Gasteiger partial charge on any atom is -0.383 e. The van der Waals surface area contributed by atoms with E-state index >= 15 is 0 Å². The van der Waals surface area contributed by atoms with Crippen LogP contribution >= 0.6 is 0 Å². The number of unbranched alkanes of at least 4 members (excludes halogenated alkanes) is 2. The predicted molar refractivity (Wildman–Crippen MR) is 140 cm³/mol. The highest BCUT2D eigenvalue weighted by atomic mass is 16.2. The lowest BCUT2D eigenvalue weighted by Crippen LogP contribution is -2.42. The van der Waals surface area contributed by atoms with Crippen LogP contribution in [-0.2, 0) is 16.8 Å². The highest BCUT2D eigenvalue weighted by molar-refractivity contribution is 5.97. The molecule has 0 radical (unpaired) electrons. The van der Waals surface area contributed by atoms with Crippen LogP contribution in [0.5, 0.6) is 0 Å². The highest BCUT2D eigenvalue weighted by Crippen LogP contribution is 2.22. The summed E-state index contributed by atoms with van der Waals surface area (Å²) < 4.78 is 1.30. The number of aromatic amines is 1. The van der Waals surface area contributed by atoms with E-state index in [1.807, 2.05) is 26.0 Å². The number of H-pyrrole nitrogens is 1. The second-order valence-electron chi connectivity index (χ2n) is 9.73. The van der Waals surface area contributed by atoms with Crippen molar-refractivity contribution in [1.29, 1.82) is 0 Å². The lowest BCUT2D eigenvalue weighted by molar-refractivity contribution is -0.118. The third-order valence-corrected chi connectivity index (χ3v) is 5.89. The molecule has 0 saturated heterocycles. The SMILES string of the molecule is CCCCN(C(=O)CCNC(=O)c1ccc(C(C)(C)C)cc1)c1c(N)n(CCCC)c(=O)[nH]c1=O. The van der Waals surface area contributed by atoms with Gasteiger partial charge in [0.15, 0.2) is 5.69 Å². The molecule has 2 aromatic rings. The first kappa shape index (κ1) is 27.9. The largest absolute Gasteiger partial charge is 0.383 e. The number of anilines is 2. The first-order valence-electron chi connectivity index (χ1n) is 12.3. The molecule has 0 aliphatic rings. The van der Waals surface area contributed by atoms with E-state index in [1.54, 1.807) is 12.1 Å². The number of hydrogen-bond acceptors (Lipinski definition) is 5. The third-order valence-electron chi connectivity index (χ3n) is 5.89. The Bertz CT molecular complexity index is 1130. The zero-order valence-electron chi connectivity index (χ0n) is 21.6. The number of hydrogen-bond donors (Lipinski definition) is 3. The van der Waals surface area contributed by atoms with Crippen molar-refractivity contribution in [2.75, 3.05) is 23.7 Å². The van der Waals surface area contributed by atoms with Crippen molar-refractivity contribution in [3.8, 4) is 0 Å². The summed E-state index contributed by atoms with van der Waals surface area (Å²) in [6, 6.07) is 7.39. The summed E-state index contributed by atoms with van der Waals surface area (Å²) in [7, 11) is 0. The van der Waals surface area contributed by atoms with Crippen LogP contribution in [0.2, 0.25) is 0 Å². The molecule has 9 heteroatoms. The van der Waals surface area contributed by atoms with E-state index in [1.165, 1.54) is 9.47 Å². The van der Waals surface area contributed by atoms with Crippen LogP contribution in [0, 0.1) is 0 Å². The van der Waals surface area contributed by atoms with Gasteiger partial charge in [0, 0.05) is 31.6 Å². The van der Waals surface area contributed by atoms with Gasteiger partial charge in [-0.15, -0.1) is 0 Å². The van der Waals surface area contributed by atoms with Gasteiger partial charge in [0.1, 0.15) is 5.82 Å². The first-order valence-corrected chi connectivity index (χ1v) is 12.3. The van der Waals surface area contributed by atoms with Gasteiger partial charge in [-0.1, -0.05) is 59.6 Å². The van der Waals surface area contributed by atoms with E-state index in [0.717, 1.165) is 18.4 Å². The molecule has 0 aliphatic carbocycles. The molecule has 1 aromatic heterocycles. The Hall–Kier alpha value is -3.36. The van der Waals surface area contributed by atoms with Crippen molar-refractivity contribution in [1.82, 2.24) is 14.9 Å². The molecule has 0 fully saturated rings. The zero-order chi connectivity index (χ0) is 26.2. The molecular formula is C26H39N5O4. The van der Waals surface area contributed by atoms with Gasteiger partial charge in [0.2, 0.25) is 5.91 Å². The molecule has 1 aromatic carbocycles. The van der Waals surface area contributed by atoms with E-state index in [9.17, 15) is 19.2 Å². The predicted octanol–water partition coefficient (Wildman–Crippen LogP) is 3.17. The molecule has 0 unspecified atom stereocenters. The molecule has 0 atom stereocenters. The standard InChI is InChI=1S/C26H39N5O4/c1-6-8-16-30(21-22(27)31(17-9-7-2)25(35)29-24(21)34)20(32)14-15-28-23(33)18-10-12-19(13-11-18)26(3,4)5/h10-13H,6-9,14-17,27H2,1-5H3,(H,28,33)(H,29,34,35). The second kappa shape index (κ2) is 12.4. The van der Waals surface area contributed by atoms with E-state index < -0.39 is 11.2 Å². The van der Waals surface area contributed by atoms with E-state index in [-0.39, 0.29) is 48.2 Å². The molecule has 0 bridgehead atoms. The Morgan fingerprint density at radius 3 is 2.26 bits per heavy atom. The number of aromatic nitrogens is 2.